The Hall–Kier alpha value is -2.42. The molecule has 0 aliphatic rings. The number of aromatic amines is 1. The number of nitrogen functional groups attached to an aromatic ring is 1. The van der Waals surface area contributed by atoms with Crippen LogP contribution >= 0.6 is 0 Å². The third kappa shape index (κ3) is 3.54. The molecule has 0 saturated heterocycles. The number of nitrogens with one attached hydrogen (secondary N) is 3. The molecule has 5 N–H and O–H groups in total. The van der Waals surface area contributed by atoms with E-state index >= 15 is 0 Å². The number of H-pyrrole nitrogens is 1. The van der Waals surface area contributed by atoms with Crippen LogP contribution in [-0.4, -0.2) is 35.2 Å². The summed E-state index contributed by atoms with van der Waals surface area (Å²) >= 11 is 0. The number of nitrogens with zero attached hydrogens (tertiary/aromatic N) is 2. The van der Waals surface area contributed by atoms with Crippen molar-refractivity contribution in [3.8, 4) is 0 Å². The van der Waals surface area contributed by atoms with Crippen molar-refractivity contribution in [1.29, 1.82) is 5.41 Å². The van der Waals surface area contributed by atoms with Gasteiger partial charge in [-0.2, -0.15) is 5.10 Å². The Labute approximate surface area is 116 Å². The van der Waals surface area contributed by atoms with Gasteiger partial charge in [-0.05, 0) is 12.1 Å². The summed E-state index contributed by atoms with van der Waals surface area (Å²) in [6.07, 6.45) is 3.19. The van der Waals surface area contributed by atoms with Gasteiger partial charge in [0.1, 0.15) is 11.7 Å². The zero-order valence-electron chi connectivity index (χ0n) is 10.5. The van der Waals surface area contributed by atoms with Crippen molar-refractivity contribution in [3.63, 3.8) is 0 Å². The van der Waals surface area contributed by atoms with Gasteiger partial charge in [0.05, 0.1) is 17.5 Å². The molecule has 0 saturated carbocycles. The first-order valence-corrected chi connectivity index (χ1v) is 7.41. The Morgan fingerprint density at radius 3 is 2.90 bits per heavy atom. The highest BCUT2D eigenvalue weighted by atomic mass is 32.2. The molecule has 8 nitrogen and oxygen atoms in total. The average molecular weight is 294 g/mol. The van der Waals surface area contributed by atoms with Crippen molar-refractivity contribution >= 4 is 21.7 Å². The highest BCUT2D eigenvalue weighted by molar-refractivity contribution is 7.92. The maximum absolute atomic E-state index is 11.9. The van der Waals surface area contributed by atoms with Crippen molar-refractivity contribution in [3.05, 3.63) is 41.9 Å². The number of pyridine rings is 1. The molecule has 2 rings (SSSR count). The van der Waals surface area contributed by atoms with Gasteiger partial charge in [-0.15, -0.1) is 0 Å². The number of nitrogens with two attached hydrogens (primary N) is 1. The zero-order chi connectivity index (χ0) is 14.6. The van der Waals surface area contributed by atoms with E-state index in [0.29, 0.717) is 12.1 Å². The van der Waals surface area contributed by atoms with Crippen molar-refractivity contribution in [2.75, 3.05) is 10.5 Å². The number of aryl methyl sites for hydroxylation is 1. The molecule has 0 atom stereocenters. The monoisotopic (exact) mass is 294 g/mol. The SMILES string of the molecule is N=C(N)c1cn[nH]c1NS(=O)(=O)CCc1ccccn1. The lowest BCUT2D eigenvalue weighted by atomic mass is 10.3. The van der Waals surface area contributed by atoms with Crippen LogP contribution in [0, 0.1) is 5.41 Å². The highest BCUT2D eigenvalue weighted by Crippen LogP contribution is 2.12. The van der Waals surface area contributed by atoms with Crippen molar-refractivity contribution in [2.45, 2.75) is 6.42 Å². The van der Waals surface area contributed by atoms with E-state index in [4.69, 9.17) is 11.1 Å². The van der Waals surface area contributed by atoms with Gasteiger partial charge in [-0.3, -0.25) is 20.2 Å². The maximum atomic E-state index is 11.9. The third-order valence-corrected chi connectivity index (χ3v) is 3.80. The van der Waals surface area contributed by atoms with Gasteiger partial charge in [0.15, 0.2) is 0 Å². The molecule has 0 aliphatic heterocycles. The summed E-state index contributed by atoms with van der Waals surface area (Å²) in [6.45, 7) is 0. The molecule has 0 spiro atoms. The lowest BCUT2D eigenvalue weighted by Crippen LogP contribution is -2.21. The fourth-order valence-corrected chi connectivity index (χ4v) is 2.61. The minimum Gasteiger partial charge on any atom is -0.384 e. The first-order chi connectivity index (χ1) is 9.48. The summed E-state index contributed by atoms with van der Waals surface area (Å²) in [4.78, 5) is 4.06. The minimum absolute atomic E-state index is 0.0959. The molecule has 2 aromatic heterocycles. The van der Waals surface area contributed by atoms with Crippen LogP contribution in [0.3, 0.4) is 0 Å². The van der Waals surface area contributed by atoms with Gasteiger partial charge >= 0.3 is 0 Å². The Morgan fingerprint density at radius 2 is 2.25 bits per heavy atom. The number of rotatable bonds is 6. The van der Waals surface area contributed by atoms with E-state index in [1.807, 2.05) is 0 Å². The van der Waals surface area contributed by atoms with Crippen molar-refractivity contribution < 1.29 is 8.42 Å². The molecule has 0 bridgehead atoms. The first kappa shape index (κ1) is 14.0. The van der Waals surface area contributed by atoms with Crippen LogP contribution < -0.4 is 10.5 Å². The molecule has 0 amide bonds. The van der Waals surface area contributed by atoms with Crippen LogP contribution in [0.1, 0.15) is 11.3 Å². The Kier molecular flexibility index (Phi) is 3.99. The van der Waals surface area contributed by atoms with E-state index in [9.17, 15) is 8.42 Å². The van der Waals surface area contributed by atoms with Crippen molar-refractivity contribution in [1.82, 2.24) is 15.2 Å². The number of amidine groups is 1. The van der Waals surface area contributed by atoms with Gasteiger partial charge < -0.3 is 5.73 Å². The number of sulfonamides is 1. The summed E-state index contributed by atoms with van der Waals surface area (Å²) in [7, 11) is -3.57. The molecule has 0 aliphatic carbocycles. The predicted octanol–water partition coefficient (Wildman–Crippen LogP) is 0.0732. The van der Waals surface area contributed by atoms with E-state index in [0.717, 1.165) is 0 Å². The van der Waals surface area contributed by atoms with E-state index in [-0.39, 0.29) is 23.0 Å². The molecule has 2 heterocycles. The van der Waals surface area contributed by atoms with Gasteiger partial charge in [-0.1, -0.05) is 6.07 Å². The van der Waals surface area contributed by atoms with Crippen LogP contribution in [-0.2, 0) is 16.4 Å². The van der Waals surface area contributed by atoms with Gasteiger partial charge in [0.2, 0.25) is 10.0 Å². The average Bonchev–Trinajstić information content (AvgIpc) is 2.85. The van der Waals surface area contributed by atoms with Crippen LogP contribution in [0.5, 0.6) is 0 Å². The number of hydrogen-bond donors (Lipinski definition) is 4. The third-order valence-electron chi connectivity index (χ3n) is 2.54. The van der Waals surface area contributed by atoms with Gasteiger partial charge in [0, 0.05) is 18.3 Å². The van der Waals surface area contributed by atoms with Gasteiger partial charge in [-0.25, -0.2) is 8.42 Å². The summed E-state index contributed by atoms with van der Waals surface area (Å²) in [5, 5.41) is 13.4. The fraction of sp³-hybridized carbons (Fsp3) is 0.182. The largest absolute Gasteiger partial charge is 0.384 e. The molecule has 0 fully saturated rings. The zero-order valence-corrected chi connectivity index (χ0v) is 11.3. The molecular formula is C11H14N6O2S. The van der Waals surface area contributed by atoms with Crippen molar-refractivity contribution in [2.24, 2.45) is 5.73 Å². The number of aromatic nitrogens is 3. The van der Waals surface area contributed by atoms with Crippen LogP contribution in [0.15, 0.2) is 30.6 Å². The molecule has 0 radical (unpaired) electrons. The Morgan fingerprint density at radius 1 is 1.45 bits per heavy atom. The topological polar surface area (TPSA) is 138 Å². The summed E-state index contributed by atoms with van der Waals surface area (Å²) in [6, 6.07) is 5.32. The molecule has 106 valence electrons. The summed E-state index contributed by atoms with van der Waals surface area (Å²) < 4.78 is 26.2. The van der Waals surface area contributed by atoms with Crippen LogP contribution in [0.4, 0.5) is 5.82 Å². The molecule has 20 heavy (non-hydrogen) atoms. The van der Waals surface area contributed by atoms with E-state index < -0.39 is 10.0 Å². The van der Waals surface area contributed by atoms with E-state index in [1.165, 1.54) is 6.20 Å². The Bertz CT molecular complexity index is 695. The molecule has 2 aromatic rings. The molecular weight excluding hydrogens is 280 g/mol. The molecule has 9 heteroatoms. The van der Waals surface area contributed by atoms with Crippen LogP contribution in [0.2, 0.25) is 0 Å². The number of anilines is 1. The molecule has 0 aromatic carbocycles. The minimum atomic E-state index is -3.57. The molecule has 0 unspecified atom stereocenters. The smallest absolute Gasteiger partial charge is 0.234 e. The predicted molar refractivity (Wildman–Crippen MR) is 75.0 cm³/mol. The second-order valence-electron chi connectivity index (χ2n) is 4.06. The maximum Gasteiger partial charge on any atom is 0.234 e. The summed E-state index contributed by atoms with van der Waals surface area (Å²) in [5.41, 5.74) is 6.22. The van der Waals surface area contributed by atoms with E-state index in [1.54, 1.807) is 24.4 Å². The van der Waals surface area contributed by atoms with E-state index in [2.05, 4.69) is 19.9 Å². The second kappa shape index (κ2) is 5.70. The standard InChI is InChI=1S/C11H14N6O2S/c12-10(13)9-7-15-16-11(9)17-20(18,19)6-4-8-3-1-2-5-14-8/h1-3,5,7H,4,6H2,(H3,12,13)(H2,15,16,17). The van der Waals surface area contributed by atoms with Gasteiger partial charge in [0.25, 0.3) is 0 Å². The normalized spacial score (nSPS) is 11.2. The summed E-state index contributed by atoms with van der Waals surface area (Å²) in [5.74, 6) is -0.292. The fourth-order valence-electron chi connectivity index (χ4n) is 1.56. The highest BCUT2D eigenvalue weighted by Gasteiger charge is 2.16. The lowest BCUT2D eigenvalue weighted by molar-refractivity contribution is 0.600. The Balaban J connectivity index is 2.04. The second-order valence-corrected chi connectivity index (χ2v) is 5.91. The quantitative estimate of drug-likeness (QED) is 0.441. The number of hydrogen-bond acceptors (Lipinski definition) is 5. The lowest BCUT2D eigenvalue weighted by Gasteiger charge is -2.07. The first-order valence-electron chi connectivity index (χ1n) is 5.76. The van der Waals surface area contributed by atoms with Crippen LogP contribution in [0.25, 0.3) is 0 Å².